The summed E-state index contributed by atoms with van der Waals surface area (Å²) in [6.07, 6.45) is 2.05. The zero-order chi connectivity index (χ0) is 11.9. The number of likely N-dealkylation sites (N-methyl/N-ethyl adjacent to an activating group) is 1. The Morgan fingerprint density at radius 1 is 1.27 bits per heavy atom. The lowest BCUT2D eigenvalue weighted by Gasteiger charge is -2.36. The second-order valence-corrected chi connectivity index (χ2v) is 4.44. The summed E-state index contributed by atoms with van der Waals surface area (Å²) < 4.78 is 5.19. The predicted octanol–water partition coefficient (Wildman–Crippen LogP) is 1.86. The minimum atomic E-state index is -0.0436. The molecule has 0 aromatic carbocycles. The zero-order valence-corrected chi connectivity index (χ0v) is 11.0. The number of hydrogen-bond acceptors (Lipinski definition) is 3. The van der Waals surface area contributed by atoms with Crippen LogP contribution < -0.4 is 5.73 Å². The Hall–Kier alpha value is -0.120. The Morgan fingerprint density at radius 2 is 1.80 bits per heavy atom. The van der Waals surface area contributed by atoms with Crippen molar-refractivity contribution < 1.29 is 4.74 Å². The molecule has 92 valence electrons. The van der Waals surface area contributed by atoms with Gasteiger partial charge >= 0.3 is 0 Å². The molecule has 0 fully saturated rings. The first-order valence-corrected chi connectivity index (χ1v) is 6.04. The largest absolute Gasteiger partial charge is 0.383 e. The summed E-state index contributed by atoms with van der Waals surface area (Å²) in [6.45, 7) is 11.5. The summed E-state index contributed by atoms with van der Waals surface area (Å²) in [5, 5.41) is 0. The minimum Gasteiger partial charge on any atom is -0.383 e. The Labute approximate surface area is 95.0 Å². The SMILES string of the molecule is CCN(CC(N)(CC)CC)C(C)COC. The van der Waals surface area contributed by atoms with Crippen LogP contribution in [0.1, 0.15) is 40.5 Å². The first kappa shape index (κ1) is 14.9. The quantitative estimate of drug-likeness (QED) is 0.673. The van der Waals surface area contributed by atoms with E-state index in [1.165, 1.54) is 0 Å². The molecule has 2 N–H and O–H groups in total. The Kier molecular flexibility index (Phi) is 7.14. The van der Waals surface area contributed by atoms with E-state index in [0.29, 0.717) is 6.04 Å². The second kappa shape index (κ2) is 7.20. The van der Waals surface area contributed by atoms with Crippen LogP contribution in [0.2, 0.25) is 0 Å². The van der Waals surface area contributed by atoms with Crippen molar-refractivity contribution in [2.24, 2.45) is 5.73 Å². The third-order valence-electron chi connectivity index (χ3n) is 3.36. The van der Waals surface area contributed by atoms with Crippen molar-refractivity contribution in [3.05, 3.63) is 0 Å². The van der Waals surface area contributed by atoms with Gasteiger partial charge in [-0.25, -0.2) is 0 Å². The van der Waals surface area contributed by atoms with Crippen LogP contribution in [0.25, 0.3) is 0 Å². The highest BCUT2D eigenvalue weighted by molar-refractivity contribution is 4.86. The van der Waals surface area contributed by atoms with Crippen LogP contribution in [0, 0.1) is 0 Å². The van der Waals surface area contributed by atoms with Crippen molar-refractivity contribution in [1.82, 2.24) is 4.90 Å². The van der Waals surface area contributed by atoms with Crippen LogP contribution in [0.4, 0.5) is 0 Å². The molecule has 0 aliphatic carbocycles. The number of methoxy groups -OCH3 is 1. The van der Waals surface area contributed by atoms with Crippen LogP contribution in [0.15, 0.2) is 0 Å². The fourth-order valence-corrected chi connectivity index (χ4v) is 1.80. The lowest BCUT2D eigenvalue weighted by atomic mass is 9.93. The van der Waals surface area contributed by atoms with Gasteiger partial charge in [-0.3, -0.25) is 4.90 Å². The van der Waals surface area contributed by atoms with Gasteiger partial charge in [0.1, 0.15) is 0 Å². The van der Waals surface area contributed by atoms with Crippen molar-refractivity contribution in [3.8, 4) is 0 Å². The van der Waals surface area contributed by atoms with Crippen molar-refractivity contribution in [2.45, 2.75) is 52.1 Å². The first-order valence-electron chi connectivity index (χ1n) is 6.04. The number of nitrogens with zero attached hydrogens (tertiary/aromatic N) is 1. The maximum Gasteiger partial charge on any atom is 0.0615 e. The van der Waals surface area contributed by atoms with Crippen LogP contribution in [-0.2, 0) is 4.74 Å². The molecule has 0 amide bonds. The average molecular weight is 216 g/mol. The summed E-state index contributed by atoms with van der Waals surface area (Å²) >= 11 is 0. The summed E-state index contributed by atoms with van der Waals surface area (Å²) in [7, 11) is 1.75. The van der Waals surface area contributed by atoms with E-state index in [9.17, 15) is 0 Å². The molecule has 3 heteroatoms. The Bertz CT molecular complexity index is 158. The van der Waals surface area contributed by atoms with E-state index >= 15 is 0 Å². The molecule has 15 heavy (non-hydrogen) atoms. The third-order valence-corrected chi connectivity index (χ3v) is 3.36. The Morgan fingerprint density at radius 3 is 2.13 bits per heavy atom. The van der Waals surface area contributed by atoms with Crippen LogP contribution >= 0.6 is 0 Å². The van der Waals surface area contributed by atoms with Crippen molar-refractivity contribution in [3.63, 3.8) is 0 Å². The third kappa shape index (κ3) is 4.96. The molecule has 3 nitrogen and oxygen atoms in total. The van der Waals surface area contributed by atoms with Gasteiger partial charge in [0, 0.05) is 25.2 Å². The predicted molar refractivity (Wildman–Crippen MR) is 66.1 cm³/mol. The van der Waals surface area contributed by atoms with Gasteiger partial charge in [-0.05, 0) is 26.3 Å². The number of rotatable bonds is 8. The normalized spacial score (nSPS) is 14.6. The number of nitrogens with two attached hydrogens (primary N) is 1. The molecule has 0 aliphatic heterocycles. The highest BCUT2D eigenvalue weighted by atomic mass is 16.5. The number of hydrogen-bond donors (Lipinski definition) is 1. The van der Waals surface area contributed by atoms with E-state index in [-0.39, 0.29) is 5.54 Å². The molecule has 0 saturated heterocycles. The second-order valence-electron chi connectivity index (χ2n) is 4.44. The fraction of sp³-hybridized carbons (Fsp3) is 1.00. The molecule has 0 radical (unpaired) electrons. The van der Waals surface area contributed by atoms with E-state index in [2.05, 4.69) is 32.6 Å². The smallest absolute Gasteiger partial charge is 0.0615 e. The lowest BCUT2D eigenvalue weighted by Crippen LogP contribution is -2.52. The standard InChI is InChI=1S/C12H28N2O/c1-6-12(13,7-2)10-14(8-3)11(4)9-15-5/h11H,6-10,13H2,1-5H3. The van der Waals surface area contributed by atoms with Gasteiger partial charge in [-0.15, -0.1) is 0 Å². The molecule has 0 bridgehead atoms. The van der Waals surface area contributed by atoms with Gasteiger partial charge in [0.25, 0.3) is 0 Å². The number of ether oxygens (including phenoxy) is 1. The molecule has 0 aromatic rings. The molecule has 0 heterocycles. The van der Waals surface area contributed by atoms with E-state index in [1.807, 2.05) is 0 Å². The van der Waals surface area contributed by atoms with Crippen molar-refractivity contribution in [2.75, 3.05) is 26.8 Å². The van der Waals surface area contributed by atoms with Gasteiger partial charge in [0.05, 0.1) is 6.61 Å². The van der Waals surface area contributed by atoms with Gasteiger partial charge in [-0.1, -0.05) is 20.8 Å². The van der Waals surface area contributed by atoms with Crippen molar-refractivity contribution in [1.29, 1.82) is 0 Å². The van der Waals surface area contributed by atoms with Crippen LogP contribution in [-0.4, -0.2) is 43.3 Å². The summed E-state index contributed by atoms with van der Waals surface area (Å²) in [6, 6.07) is 0.445. The van der Waals surface area contributed by atoms with E-state index in [0.717, 1.165) is 32.5 Å². The molecular formula is C12H28N2O. The van der Waals surface area contributed by atoms with E-state index in [4.69, 9.17) is 10.5 Å². The average Bonchev–Trinajstić information content (AvgIpc) is 2.26. The summed E-state index contributed by atoms with van der Waals surface area (Å²) in [4.78, 5) is 2.40. The van der Waals surface area contributed by atoms with E-state index < -0.39 is 0 Å². The molecule has 1 unspecified atom stereocenters. The highest BCUT2D eigenvalue weighted by Gasteiger charge is 2.25. The lowest BCUT2D eigenvalue weighted by molar-refractivity contribution is 0.0842. The Balaban J connectivity index is 4.29. The first-order chi connectivity index (χ1) is 7.02. The maximum absolute atomic E-state index is 6.32. The van der Waals surface area contributed by atoms with Gasteiger partial charge in [-0.2, -0.15) is 0 Å². The van der Waals surface area contributed by atoms with Crippen molar-refractivity contribution >= 4 is 0 Å². The molecule has 0 aliphatic rings. The molecule has 0 rings (SSSR count). The molecule has 0 aromatic heterocycles. The molecule has 1 atom stereocenters. The maximum atomic E-state index is 6.32. The monoisotopic (exact) mass is 216 g/mol. The molecular weight excluding hydrogens is 188 g/mol. The van der Waals surface area contributed by atoms with Gasteiger partial charge < -0.3 is 10.5 Å². The minimum absolute atomic E-state index is 0.0436. The van der Waals surface area contributed by atoms with Gasteiger partial charge in [0.15, 0.2) is 0 Å². The summed E-state index contributed by atoms with van der Waals surface area (Å²) in [5.41, 5.74) is 6.28. The zero-order valence-electron chi connectivity index (χ0n) is 11.0. The van der Waals surface area contributed by atoms with Crippen LogP contribution in [0.3, 0.4) is 0 Å². The van der Waals surface area contributed by atoms with Gasteiger partial charge in [0.2, 0.25) is 0 Å². The summed E-state index contributed by atoms with van der Waals surface area (Å²) in [5.74, 6) is 0. The van der Waals surface area contributed by atoms with E-state index in [1.54, 1.807) is 7.11 Å². The molecule has 0 spiro atoms. The highest BCUT2D eigenvalue weighted by Crippen LogP contribution is 2.15. The fourth-order valence-electron chi connectivity index (χ4n) is 1.80. The molecule has 0 saturated carbocycles. The van der Waals surface area contributed by atoms with Crippen LogP contribution in [0.5, 0.6) is 0 Å². The topological polar surface area (TPSA) is 38.5 Å².